The molecule has 0 aromatic heterocycles. The molecule has 2 aromatic carbocycles. The number of ketones is 1. The number of rotatable bonds is 3. The van der Waals surface area contributed by atoms with Gasteiger partial charge in [0.25, 0.3) is 0 Å². The Balaban J connectivity index is 1.76. The number of benzene rings is 2. The third kappa shape index (κ3) is 2.67. The third-order valence-electron chi connectivity index (χ3n) is 3.40. The van der Waals surface area contributed by atoms with E-state index < -0.39 is 0 Å². The van der Waals surface area contributed by atoms with Crippen LogP contribution in [0.3, 0.4) is 0 Å². The fourth-order valence-electron chi connectivity index (χ4n) is 2.34. The zero-order chi connectivity index (χ0) is 14.1. The fraction of sp³-hybridized carbons (Fsp3) is 0.188. The van der Waals surface area contributed by atoms with Gasteiger partial charge in [-0.2, -0.15) is 0 Å². The lowest BCUT2D eigenvalue weighted by Gasteiger charge is -2.09. The number of carbonyl (C=O) groups is 1. The quantitative estimate of drug-likeness (QED) is 0.821. The standard InChI is InChI=1S/C16H12Cl2O2/c17-12-2-5-15(18)11(7-12)9-20-13-3-4-14-10(8-13)1-6-16(14)19/h2-5,7-8H,1,6,9H2. The summed E-state index contributed by atoms with van der Waals surface area (Å²) in [7, 11) is 0. The van der Waals surface area contributed by atoms with Gasteiger partial charge < -0.3 is 4.74 Å². The first kappa shape index (κ1) is 13.5. The normalized spacial score (nSPS) is 13.4. The summed E-state index contributed by atoms with van der Waals surface area (Å²) in [4.78, 5) is 11.6. The van der Waals surface area contributed by atoms with E-state index in [0.29, 0.717) is 23.1 Å². The molecule has 0 bridgehead atoms. The predicted octanol–water partition coefficient (Wildman–Crippen LogP) is 4.70. The average Bonchev–Trinajstić information content (AvgIpc) is 2.81. The van der Waals surface area contributed by atoms with E-state index in [9.17, 15) is 4.79 Å². The summed E-state index contributed by atoms with van der Waals surface area (Å²) < 4.78 is 5.73. The maximum atomic E-state index is 11.6. The largest absolute Gasteiger partial charge is 0.489 e. The molecule has 102 valence electrons. The van der Waals surface area contributed by atoms with Crippen molar-refractivity contribution in [1.82, 2.24) is 0 Å². The summed E-state index contributed by atoms with van der Waals surface area (Å²) in [6.07, 6.45) is 1.39. The molecule has 0 aliphatic heterocycles. The van der Waals surface area contributed by atoms with Crippen molar-refractivity contribution in [3.8, 4) is 5.75 Å². The second-order valence-electron chi connectivity index (χ2n) is 4.77. The number of carbonyl (C=O) groups excluding carboxylic acids is 1. The number of hydrogen-bond acceptors (Lipinski definition) is 2. The molecule has 2 aromatic rings. The Morgan fingerprint density at radius 3 is 2.75 bits per heavy atom. The predicted molar refractivity (Wildman–Crippen MR) is 79.9 cm³/mol. The molecule has 0 unspecified atom stereocenters. The number of Topliss-reactive ketones (excluding diaryl/α,β-unsaturated/α-hetero) is 1. The lowest BCUT2D eigenvalue weighted by molar-refractivity contribution is 0.0994. The molecule has 3 rings (SSSR count). The highest BCUT2D eigenvalue weighted by Crippen LogP contribution is 2.27. The maximum Gasteiger partial charge on any atom is 0.163 e. The van der Waals surface area contributed by atoms with Crippen LogP contribution in [0.15, 0.2) is 36.4 Å². The van der Waals surface area contributed by atoms with Gasteiger partial charge in [-0.15, -0.1) is 0 Å². The SMILES string of the molecule is O=C1CCc2cc(OCc3cc(Cl)ccc3Cl)ccc21. The van der Waals surface area contributed by atoms with Crippen molar-refractivity contribution in [2.24, 2.45) is 0 Å². The molecule has 0 N–H and O–H groups in total. The van der Waals surface area contributed by atoms with Gasteiger partial charge in [-0.3, -0.25) is 4.79 Å². The average molecular weight is 307 g/mol. The van der Waals surface area contributed by atoms with E-state index in [4.69, 9.17) is 27.9 Å². The number of aryl methyl sites for hydroxylation is 1. The topological polar surface area (TPSA) is 26.3 Å². The van der Waals surface area contributed by atoms with E-state index in [1.54, 1.807) is 18.2 Å². The van der Waals surface area contributed by atoms with Crippen molar-refractivity contribution in [2.75, 3.05) is 0 Å². The molecule has 0 heterocycles. The summed E-state index contributed by atoms with van der Waals surface area (Å²) in [6, 6.07) is 10.9. The van der Waals surface area contributed by atoms with Crippen LogP contribution in [0.5, 0.6) is 5.75 Å². The Morgan fingerprint density at radius 2 is 1.90 bits per heavy atom. The zero-order valence-corrected chi connectivity index (χ0v) is 12.2. The Bertz CT molecular complexity index is 680. The smallest absolute Gasteiger partial charge is 0.163 e. The highest BCUT2D eigenvalue weighted by Gasteiger charge is 2.19. The Kier molecular flexibility index (Phi) is 3.68. The van der Waals surface area contributed by atoms with E-state index in [-0.39, 0.29) is 5.78 Å². The van der Waals surface area contributed by atoms with Gasteiger partial charge >= 0.3 is 0 Å². The van der Waals surface area contributed by atoms with Gasteiger partial charge in [0, 0.05) is 27.6 Å². The molecule has 0 saturated heterocycles. The highest BCUT2D eigenvalue weighted by atomic mass is 35.5. The van der Waals surface area contributed by atoms with Crippen LogP contribution < -0.4 is 4.74 Å². The van der Waals surface area contributed by atoms with Gasteiger partial charge in [0.15, 0.2) is 5.78 Å². The third-order valence-corrected chi connectivity index (χ3v) is 4.00. The monoisotopic (exact) mass is 306 g/mol. The second-order valence-corrected chi connectivity index (χ2v) is 5.61. The molecule has 0 saturated carbocycles. The van der Waals surface area contributed by atoms with Crippen molar-refractivity contribution >= 4 is 29.0 Å². The van der Waals surface area contributed by atoms with Crippen LogP contribution in [0.25, 0.3) is 0 Å². The van der Waals surface area contributed by atoms with Crippen molar-refractivity contribution in [2.45, 2.75) is 19.4 Å². The van der Waals surface area contributed by atoms with Gasteiger partial charge in [0.05, 0.1) is 0 Å². The molecule has 0 atom stereocenters. The van der Waals surface area contributed by atoms with Gasteiger partial charge in [0.2, 0.25) is 0 Å². The van der Waals surface area contributed by atoms with Crippen LogP contribution >= 0.6 is 23.2 Å². The molecular weight excluding hydrogens is 295 g/mol. The Morgan fingerprint density at radius 1 is 1.05 bits per heavy atom. The van der Waals surface area contributed by atoms with Gasteiger partial charge in [-0.05, 0) is 48.4 Å². The molecular formula is C16H12Cl2O2. The molecule has 2 nitrogen and oxygen atoms in total. The van der Waals surface area contributed by atoms with Crippen LogP contribution in [0.4, 0.5) is 0 Å². The summed E-state index contributed by atoms with van der Waals surface area (Å²) in [6.45, 7) is 0.353. The van der Waals surface area contributed by atoms with E-state index in [0.717, 1.165) is 28.9 Å². The summed E-state index contributed by atoms with van der Waals surface area (Å²) in [5.41, 5.74) is 2.72. The number of hydrogen-bond donors (Lipinski definition) is 0. The lowest BCUT2D eigenvalue weighted by Crippen LogP contribution is -1.98. The first-order valence-electron chi connectivity index (χ1n) is 6.36. The maximum absolute atomic E-state index is 11.6. The minimum absolute atomic E-state index is 0.212. The number of ether oxygens (including phenoxy) is 1. The highest BCUT2D eigenvalue weighted by molar-refractivity contribution is 6.33. The zero-order valence-electron chi connectivity index (χ0n) is 10.7. The van der Waals surface area contributed by atoms with Crippen LogP contribution in [0.1, 0.15) is 27.9 Å². The molecule has 1 aliphatic carbocycles. The first-order chi connectivity index (χ1) is 9.63. The van der Waals surface area contributed by atoms with E-state index in [1.165, 1.54) is 0 Å². The lowest BCUT2D eigenvalue weighted by atomic mass is 10.1. The van der Waals surface area contributed by atoms with Crippen LogP contribution in [0.2, 0.25) is 10.0 Å². The fourth-order valence-corrected chi connectivity index (χ4v) is 2.70. The minimum Gasteiger partial charge on any atom is -0.489 e. The van der Waals surface area contributed by atoms with Crippen molar-refractivity contribution in [1.29, 1.82) is 0 Å². The van der Waals surface area contributed by atoms with E-state index in [2.05, 4.69) is 0 Å². The Hall–Kier alpha value is -1.51. The van der Waals surface area contributed by atoms with Crippen molar-refractivity contribution < 1.29 is 9.53 Å². The van der Waals surface area contributed by atoms with Crippen molar-refractivity contribution in [3.05, 3.63) is 63.1 Å². The summed E-state index contributed by atoms with van der Waals surface area (Å²) in [5, 5.41) is 1.26. The van der Waals surface area contributed by atoms with Crippen LogP contribution in [-0.4, -0.2) is 5.78 Å². The van der Waals surface area contributed by atoms with Gasteiger partial charge in [0.1, 0.15) is 12.4 Å². The molecule has 4 heteroatoms. The van der Waals surface area contributed by atoms with Crippen molar-refractivity contribution in [3.63, 3.8) is 0 Å². The number of halogens is 2. The first-order valence-corrected chi connectivity index (χ1v) is 7.12. The van der Waals surface area contributed by atoms with E-state index >= 15 is 0 Å². The number of fused-ring (bicyclic) bond motifs is 1. The van der Waals surface area contributed by atoms with Crippen LogP contribution in [0, 0.1) is 0 Å². The van der Waals surface area contributed by atoms with Gasteiger partial charge in [-0.1, -0.05) is 23.2 Å². The molecule has 20 heavy (non-hydrogen) atoms. The molecule has 1 aliphatic rings. The second kappa shape index (κ2) is 5.47. The molecule has 0 radical (unpaired) electrons. The summed E-state index contributed by atoms with van der Waals surface area (Å²) >= 11 is 12.0. The molecule has 0 amide bonds. The van der Waals surface area contributed by atoms with Crippen LogP contribution in [-0.2, 0) is 13.0 Å². The van der Waals surface area contributed by atoms with Gasteiger partial charge in [-0.25, -0.2) is 0 Å². The Labute approximate surface area is 127 Å². The minimum atomic E-state index is 0.212. The molecule has 0 fully saturated rings. The van der Waals surface area contributed by atoms with E-state index in [1.807, 2.05) is 18.2 Å². The summed E-state index contributed by atoms with van der Waals surface area (Å²) in [5.74, 6) is 0.957. The molecule has 0 spiro atoms.